The number of hydrogen-bond acceptors (Lipinski definition) is 1. The average molecular weight is 218 g/mol. The lowest BCUT2D eigenvalue weighted by molar-refractivity contribution is -0.138. The second kappa shape index (κ2) is 5.15. The van der Waals surface area contributed by atoms with Gasteiger partial charge in [0.1, 0.15) is 0 Å². The van der Waals surface area contributed by atoms with Crippen molar-refractivity contribution in [3.8, 4) is 0 Å². The topological polar surface area (TPSA) is 37.3 Å². The Morgan fingerprint density at radius 3 is 2.69 bits per heavy atom. The lowest BCUT2D eigenvalue weighted by Crippen LogP contribution is -2.17. The predicted octanol–water partition coefficient (Wildman–Crippen LogP) is 3.44. The Balaban J connectivity index is 1.99. The van der Waals surface area contributed by atoms with Crippen LogP contribution < -0.4 is 0 Å². The maximum Gasteiger partial charge on any atom is 0.303 e. The number of carboxylic acid groups (broad SMARTS) is 1. The van der Waals surface area contributed by atoms with Crippen LogP contribution in [0.4, 0.5) is 0 Å². The molecule has 0 radical (unpaired) electrons. The van der Waals surface area contributed by atoms with E-state index in [2.05, 4.69) is 24.3 Å². The number of benzene rings is 1. The molecule has 0 amide bonds. The van der Waals surface area contributed by atoms with Crippen molar-refractivity contribution in [3.05, 3.63) is 35.9 Å². The van der Waals surface area contributed by atoms with E-state index < -0.39 is 5.97 Å². The van der Waals surface area contributed by atoms with E-state index in [0.717, 1.165) is 19.3 Å². The molecular formula is C14H18O2. The predicted molar refractivity (Wildman–Crippen MR) is 63.4 cm³/mol. The van der Waals surface area contributed by atoms with E-state index in [4.69, 9.17) is 5.11 Å². The first-order valence-electron chi connectivity index (χ1n) is 6.02. The summed E-state index contributed by atoms with van der Waals surface area (Å²) in [7, 11) is 0. The third-order valence-electron chi connectivity index (χ3n) is 3.52. The van der Waals surface area contributed by atoms with Gasteiger partial charge in [-0.2, -0.15) is 0 Å². The van der Waals surface area contributed by atoms with Gasteiger partial charge in [0.2, 0.25) is 0 Å². The number of aliphatic carboxylic acids is 1. The highest BCUT2D eigenvalue weighted by atomic mass is 16.4. The fourth-order valence-corrected chi connectivity index (χ4v) is 2.75. The minimum atomic E-state index is -0.654. The molecule has 2 atom stereocenters. The summed E-state index contributed by atoms with van der Waals surface area (Å²) in [6, 6.07) is 10.5. The Morgan fingerprint density at radius 1 is 1.25 bits per heavy atom. The third kappa shape index (κ3) is 2.84. The maximum absolute atomic E-state index is 10.7. The molecule has 0 aliphatic heterocycles. The van der Waals surface area contributed by atoms with Crippen molar-refractivity contribution in [2.45, 2.75) is 38.0 Å². The molecule has 0 aromatic heterocycles. The zero-order chi connectivity index (χ0) is 11.4. The monoisotopic (exact) mass is 218 g/mol. The molecule has 1 saturated carbocycles. The number of rotatable bonds is 3. The Kier molecular flexibility index (Phi) is 3.60. The van der Waals surface area contributed by atoms with Crippen LogP contribution in [0.25, 0.3) is 0 Å². The summed E-state index contributed by atoms with van der Waals surface area (Å²) < 4.78 is 0. The fourth-order valence-electron chi connectivity index (χ4n) is 2.75. The molecule has 1 aliphatic rings. The quantitative estimate of drug-likeness (QED) is 0.843. The van der Waals surface area contributed by atoms with Crippen molar-refractivity contribution in [3.63, 3.8) is 0 Å². The number of hydrogen-bond donors (Lipinski definition) is 1. The summed E-state index contributed by atoms with van der Waals surface area (Å²) >= 11 is 0. The average Bonchev–Trinajstić information content (AvgIpc) is 2.30. The van der Waals surface area contributed by atoms with Crippen LogP contribution >= 0.6 is 0 Å². The van der Waals surface area contributed by atoms with Gasteiger partial charge in [-0.3, -0.25) is 4.79 Å². The molecule has 1 aromatic carbocycles. The van der Waals surface area contributed by atoms with Crippen molar-refractivity contribution in [1.29, 1.82) is 0 Å². The summed E-state index contributed by atoms with van der Waals surface area (Å²) in [5.74, 6) is 0.287. The van der Waals surface area contributed by atoms with Crippen LogP contribution in [0.1, 0.15) is 43.6 Å². The Hall–Kier alpha value is -1.31. The molecule has 0 bridgehead atoms. The van der Waals surface area contributed by atoms with Crippen molar-refractivity contribution in [1.82, 2.24) is 0 Å². The summed E-state index contributed by atoms with van der Waals surface area (Å²) in [5.41, 5.74) is 1.37. The largest absolute Gasteiger partial charge is 0.481 e. The Labute approximate surface area is 96.3 Å². The molecule has 1 aliphatic carbocycles. The highest BCUT2D eigenvalue weighted by molar-refractivity contribution is 5.67. The standard InChI is InChI=1S/C14H18O2/c15-14(16)10-11-5-4-8-13(9-11)12-6-2-1-3-7-12/h1-3,6-7,11,13H,4-5,8-10H2,(H,15,16)/t11-,13+/m1/s1. The SMILES string of the molecule is O=C(O)C[C@@H]1CCC[C@H](c2ccccc2)C1. The van der Waals surface area contributed by atoms with Crippen LogP contribution in [0.3, 0.4) is 0 Å². The van der Waals surface area contributed by atoms with Crippen LogP contribution in [-0.4, -0.2) is 11.1 Å². The first-order chi connectivity index (χ1) is 7.75. The first-order valence-corrected chi connectivity index (χ1v) is 6.02. The molecule has 1 fully saturated rings. The molecule has 86 valence electrons. The molecule has 1 aromatic rings. The smallest absolute Gasteiger partial charge is 0.303 e. The zero-order valence-electron chi connectivity index (χ0n) is 9.43. The molecule has 2 heteroatoms. The van der Waals surface area contributed by atoms with E-state index in [9.17, 15) is 4.79 Å². The van der Waals surface area contributed by atoms with Gasteiger partial charge in [-0.05, 0) is 36.7 Å². The molecule has 2 nitrogen and oxygen atoms in total. The van der Waals surface area contributed by atoms with Crippen molar-refractivity contribution in [2.75, 3.05) is 0 Å². The third-order valence-corrected chi connectivity index (χ3v) is 3.52. The Morgan fingerprint density at radius 2 is 2.00 bits per heavy atom. The molecule has 0 unspecified atom stereocenters. The van der Waals surface area contributed by atoms with Crippen LogP contribution in [0.15, 0.2) is 30.3 Å². The van der Waals surface area contributed by atoms with Gasteiger partial charge >= 0.3 is 5.97 Å². The number of carbonyl (C=O) groups is 1. The molecular weight excluding hydrogens is 200 g/mol. The molecule has 0 spiro atoms. The van der Waals surface area contributed by atoms with E-state index >= 15 is 0 Å². The zero-order valence-corrected chi connectivity index (χ0v) is 9.43. The summed E-state index contributed by atoms with van der Waals surface area (Å²) in [4.78, 5) is 10.7. The first kappa shape index (κ1) is 11.2. The van der Waals surface area contributed by atoms with Crippen molar-refractivity contribution < 1.29 is 9.90 Å². The van der Waals surface area contributed by atoms with E-state index in [1.165, 1.54) is 12.0 Å². The van der Waals surface area contributed by atoms with Crippen LogP contribution in [0.2, 0.25) is 0 Å². The minimum Gasteiger partial charge on any atom is -0.481 e. The molecule has 2 rings (SSSR count). The van der Waals surface area contributed by atoms with Gasteiger partial charge in [0.25, 0.3) is 0 Å². The van der Waals surface area contributed by atoms with Gasteiger partial charge < -0.3 is 5.11 Å². The van der Waals surface area contributed by atoms with Gasteiger partial charge in [0.05, 0.1) is 0 Å². The molecule has 0 saturated heterocycles. The van der Waals surface area contributed by atoms with E-state index in [1.54, 1.807) is 0 Å². The fraction of sp³-hybridized carbons (Fsp3) is 0.500. The number of carboxylic acids is 1. The molecule has 0 heterocycles. The normalized spacial score (nSPS) is 25.2. The highest BCUT2D eigenvalue weighted by Crippen LogP contribution is 2.37. The van der Waals surface area contributed by atoms with Crippen molar-refractivity contribution >= 4 is 5.97 Å². The van der Waals surface area contributed by atoms with Crippen molar-refractivity contribution in [2.24, 2.45) is 5.92 Å². The van der Waals surface area contributed by atoms with E-state index in [0.29, 0.717) is 18.3 Å². The summed E-state index contributed by atoms with van der Waals surface area (Å²) in [6.07, 6.45) is 4.83. The van der Waals surface area contributed by atoms with Gasteiger partial charge in [0, 0.05) is 6.42 Å². The second-order valence-electron chi connectivity index (χ2n) is 4.74. The summed E-state index contributed by atoms with van der Waals surface area (Å²) in [5, 5.41) is 8.82. The lowest BCUT2D eigenvalue weighted by Gasteiger charge is -2.28. The van der Waals surface area contributed by atoms with Crippen LogP contribution in [0, 0.1) is 5.92 Å². The Bertz CT molecular complexity index is 345. The highest BCUT2D eigenvalue weighted by Gasteiger charge is 2.24. The maximum atomic E-state index is 10.7. The molecule has 16 heavy (non-hydrogen) atoms. The van der Waals surface area contributed by atoms with Gasteiger partial charge in [-0.15, -0.1) is 0 Å². The van der Waals surface area contributed by atoms with E-state index in [-0.39, 0.29) is 0 Å². The van der Waals surface area contributed by atoms with Gasteiger partial charge in [0.15, 0.2) is 0 Å². The molecule has 1 N–H and O–H groups in total. The second-order valence-corrected chi connectivity index (χ2v) is 4.74. The summed E-state index contributed by atoms with van der Waals surface area (Å²) in [6.45, 7) is 0. The lowest BCUT2D eigenvalue weighted by atomic mass is 9.77. The van der Waals surface area contributed by atoms with Crippen LogP contribution in [-0.2, 0) is 4.79 Å². The van der Waals surface area contributed by atoms with Gasteiger partial charge in [-0.1, -0.05) is 36.8 Å². The van der Waals surface area contributed by atoms with Crippen LogP contribution in [0.5, 0.6) is 0 Å². The van der Waals surface area contributed by atoms with Gasteiger partial charge in [-0.25, -0.2) is 0 Å². The van der Waals surface area contributed by atoms with E-state index in [1.807, 2.05) is 6.07 Å². The minimum absolute atomic E-state index is 0.337.